The molecule has 0 aliphatic rings. The lowest BCUT2D eigenvalue weighted by Crippen LogP contribution is -2.36. The van der Waals surface area contributed by atoms with E-state index in [4.69, 9.17) is 4.74 Å². The first-order valence-electron chi connectivity index (χ1n) is 6.82. The minimum atomic E-state index is -0.316. The van der Waals surface area contributed by atoms with E-state index in [1.807, 2.05) is 0 Å². The van der Waals surface area contributed by atoms with Crippen LogP contribution in [-0.2, 0) is 11.3 Å². The van der Waals surface area contributed by atoms with Gasteiger partial charge in [-0.2, -0.15) is 0 Å². The van der Waals surface area contributed by atoms with Crippen molar-refractivity contribution in [1.29, 1.82) is 0 Å². The Morgan fingerprint density at radius 2 is 2.00 bits per heavy atom. The predicted molar refractivity (Wildman–Crippen MR) is 74.7 cm³/mol. The van der Waals surface area contributed by atoms with E-state index in [9.17, 15) is 9.50 Å². The van der Waals surface area contributed by atoms with Gasteiger partial charge in [-0.1, -0.05) is 13.8 Å². The molecule has 0 aliphatic carbocycles. The Morgan fingerprint density at radius 1 is 1.32 bits per heavy atom. The fraction of sp³-hybridized carbons (Fsp3) is 0.600. The Hall–Kier alpha value is -1.13. The molecule has 0 heterocycles. The van der Waals surface area contributed by atoms with Crippen molar-refractivity contribution in [1.82, 2.24) is 4.90 Å². The molecular formula is C15H24FNO2. The molecule has 19 heavy (non-hydrogen) atoms. The molecular weight excluding hydrogens is 245 g/mol. The quantitative estimate of drug-likeness (QED) is 0.787. The molecule has 0 unspecified atom stereocenters. The number of rotatable bonds is 8. The third-order valence-corrected chi connectivity index (χ3v) is 3.46. The maximum absolute atomic E-state index is 13.3. The van der Waals surface area contributed by atoms with Gasteiger partial charge < -0.3 is 9.84 Å². The number of hydrogen-bond donors (Lipinski definition) is 1. The summed E-state index contributed by atoms with van der Waals surface area (Å²) < 4.78 is 18.4. The molecule has 1 N–H and O–H groups in total. The van der Waals surface area contributed by atoms with Crippen molar-refractivity contribution in [3.05, 3.63) is 29.6 Å². The van der Waals surface area contributed by atoms with Crippen LogP contribution in [-0.4, -0.2) is 36.3 Å². The number of phenols is 1. The number of aromatic hydroxyl groups is 1. The van der Waals surface area contributed by atoms with Crippen LogP contribution in [0.4, 0.5) is 4.39 Å². The second-order valence-electron chi connectivity index (χ2n) is 4.71. The van der Waals surface area contributed by atoms with Gasteiger partial charge in [0.2, 0.25) is 0 Å². The molecule has 1 rings (SSSR count). The zero-order chi connectivity index (χ0) is 14.3. The fourth-order valence-electron chi connectivity index (χ4n) is 2.30. The van der Waals surface area contributed by atoms with Crippen molar-refractivity contribution in [2.75, 3.05) is 20.3 Å². The summed E-state index contributed by atoms with van der Waals surface area (Å²) in [6.45, 7) is 6.23. The molecule has 0 saturated carbocycles. The van der Waals surface area contributed by atoms with Gasteiger partial charge in [0, 0.05) is 31.8 Å². The molecule has 0 bridgehead atoms. The Bertz CT molecular complexity index is 380. The van der Waals surface area contributed by atoms with Crippen LogP contribution >= 0.6 is 0 Å². The normalized spacial score (nSPS) is 11.5. The molecule has 0 saturated heterocycles. The summed E-state index contributed by atoms with van der Waals surface area (Å²) in [7, 11) is 1.67. The monoisotopic (exact) mass is 269 g/mol. The van der Waals surface area contributed by atoms with E-state index in [1.54, 1.807) is 7.11 Å². The second-order valence-corrected chi connectivity index (χ2v) is 4.71. The summed E-state index contributed by atoms with van der Waals surface area (Å²) in [5.74, 6) is -0.168. The lowest BCUT2D eigenvalue weighted by Gasteiger charge is -2.30. The van der Waals surface area contributed by atoms with Crippen molar-refractivity contribution in [2.24, 2.45) is 0 Å². The maximum atomic E-state index is 13.3. The number of phenolic OH excluding ortho intramolecular Hbond substituents is 1. The minimum Gasteiger partial charge on any atom is -0.508 e. The van der Waals surface area contributed by atoms with Crippen molar-refractivity contribution >= 4 is 0 Å². The topological polar surface area (TPSA) is 32.7 Å². The highest BCUT2D eigenvalue weighted by Gasteiger charge is 2.17. The van der Waals surface area contributed by atoms with Gasteiger partial charge in [0.25, 0.3) is 0 Å². The SMILES string of the molecule is CCC(CC)N(CCOC)Cc1cc(F)ccc1O. The van der Waals surface area contributed by atoms with Crippen molar-refractivity contribution in [2.45, 2.75) is 39.3 Å². The van der Waals surface area contributed by atoms with Gasteiger partial charge in [-0.25, -0.2) is 4.39 Å². The van der Waals surface area contributed by atoms with E-state index < -0.39 is 0 Å². The third-order valence-electron chi connectivity index (χ3n) is 3.46. The molecule has 0 atom stereocenters. The van der Waals surface area contributed by atoms with Gasteiger partial charge in [0.05, 0.1) is 6.61 Å². The smallest absolute Gasteiger partial charge is 0.123 e. The first-order valence-corrected chi connectivity index (χ1v) is 6.82. The highest BCUT2D eigenvalue weighted by atomic mass is 19.1. The minimum absolute atomic E-state index is 0.148. The van der Waals surface area contributed by atoms with Crippen LogP contribution < -0.4 is 0 Å². The number of hydrogen-bond acceptors (Lipinski definition) is 3. The standard InChI is InChI=1S/C15H24FNO2/c1-4-14(5-2)17(8-9-19-3)11-12-10-13(16)6-7-15(12)18/h6-7,10,14,18H,4-5,8-9,11H2,1-3H3. The summed E-state index contributed by atoms with van der Waals surface area (Å²) in [5, 5.41) is 9.81. The molecule has 0 spiro atoms. The van der Waals surface area contributed by atoms with Crippen LogP contribution in [0.15, 0.2) is 18.2 Å². The van der Waals surface area contributed by atoms with Gasteiger partial charge in [0.1, 0.15) is 11.6 Å². The summed E-state index contributed by atoms with van der Waals surface area (Å²) in [5.41, 5.74) is 0.628. The second kappa shape index (κ2) is 8.12. The van der Waals surface area contributed by atoms with Gasteiger partial charge in [-0.05, 0) is 31.0 Å². The number of nitrogens with zero attached hydrogens (tertiary/aromatic N) is 1. The molecule has 0 aliphatic heterocycles. The molecule has 0 radical (unpaired) electrons. The van der Waals surface area contributed by atoms with Crippen molar-refractivity contribution in [3.8, 4) is 5.75 Å². The molecule has 1 aromatic rings. The van der Waals surface area contributed by atoms with Crippen LogP contribution in [0.3, 0.4) is 0 Å². The molecule has 108 valence electrons. The molecule has 3 nitrogen and oxygen atoms in total. The lowest BCUT2D eigenvalue weighted by atomic mass is 10.1. The fourth-order valence-corrected chi connectivity index (χ4v) is 2.30. The Balaban J connectivity index is 2.83. The average Bonchev–Trinajstić information content (AvgIpc) is 2.41. The van der Waals surface area contributed by atoms with E-state index in [0.717, 1.165) is 19.4 Å². The van der Waals surface area contributed by atoms with E-state index in [0.29, 0.717) is 24.8 Å². The van der Waals surface area contributed by atoms with E-state index in [1.165, 1.54) is 18.2 Å². The lowest BCUT2D eigenvalue weighted by molar-refractivity contribution is 0.109. The molecule has 1 aromatic carbocycles. The van der Waals surface area contributed by atoms with Crippen LogP contribution in [0, 0.1) is 5.82 Å². The van der Waals surface area contributed by atoms with Gasteiger partial charge in [-0.15, -0.1) is 0 Å². The summed E-state index contributed by atoms with van der Waals surface area (Å²) in [4.78, 5) is 2.23. The van der Waals surface area contributed by atoms with Crippen LogP contribution in [0.5, 0.6) is 5.75 Å². The van der Waals surface area contributed by atoms with Crippen molar-refractivity contribution < 1.29 is 14.2 Å². The number of ether oxygens (including phenoxy) is 1. The largest absolute Gasteiger partial charge is 0.508 e. The molecule has 4 heteroatoms. The molecule has 0 fully saturated rings. The Morgan fingerprint density at radius 3 is 2.58 bits per heavy atom. The Kier molecular flexibility index (Phi) is 6.81. The average molecular weight is 269 g/mol. The first kappa shape index (κ1) is 15.9. The van der Waals surface area contributed by atoms with E-state index >= 15 is 0 Å². The number of benzene rings is 1. The van der Waals surface area contributed by atoms with Gasteiger partial charge in [-0.3, -0.25) is 4.90 Å². The van der Waals surface area contributed by atoms with E-state index in [2.05, 4.69) is 18.7 Å². The Labute approximate surface area is 115 Å². The van der Waals surface area contributed by atoms with Crippen molar-refractivity contribution in [3.63, 3.8) is 0 Å². The molecule has 0 amide bonds. The number of halogens is 1. The van der Waals surface area contributed by atoms with Crippen LogP contribution in [0.25, 0.3) is 0 Å². The van der Waals surface area contributed by atoms with Crippen LogP contribution in [0.2, 0.25) is 0 Å². The zero-order valence-electron chi connectivity index (χ0n) is 12.0. The highest BCUT2D eigenvalue weighted by molar-refractivity contribution is 5.32. The first-order chi connectivity index (χ1) is 9.12. The molecule has 0 aromatic heterocycles. The zero-order valence-corrected chi connectivity index (χ0v) is 12.0. The van der Waals surface area contributed by atoms with E-state index in [-0.39, 0.29) is 11.6 Å². The third kappa shape index (κ3) is 4.80. The van der Waals surface area contributed by atoms with Crippen LogP contribution in [0.1, 0.15) is 32.3 Å². The summed E-state index contributed by atoms with van der Waals surface area (Å²) in [6, 6.07) is 4.50. The summed E-state index contributed by atoms with van der Waals surface area (Å²) in [6.07, 6.45) is 2.05. The van der Waals surface area contributed by atoms with Gasteiger partial charge in [0.15, 0.2) is 0 Å². The maximum Gasteiger partial charge on any atom is 0.123 e. The highest BCUT2D eigenvalue weighted by Crippen LogP contribution is 2.22. The number of methoxy groups -OCH3 is 1. The predicted octanol–water partition coefficient (Wildman–Crippen LogP) is 3.17. The van der Waals surface area contributed by atoms with Gasteiger partial charge >= 0.3 is 0 Å². The summed E-state index contributed by atoms with van der Waals surface area (Å²) >= 11 is 0.